The molecule has 1 aromatic carbocycles. The molecule has 1 aliphatic rings. The van der Waals surface area contributed by atoms with Crippen LogP contribution in [0.1, 0.15) is 18.0 Å². The highest BCUT2D eigenvalue weighted by molar-refractivity contribution is 5.44. The first kappa shape index (κ1) is 5.61. The Morgan fingerprint density at radius 3 is 3.29 bits per heavy atom. The highest BCUT2D eigenvalue weighted by Gasteiger charge is 2.13. The first-order valence-electron chi connectivity index (χ1n) is 6.43. The third-order valence-corrected chi connectivity index (χ3v) is 2.12. The van der Waals surface area contributed by atoms with Gasteiger partial charge in [-0.05, 0) is 38.0 Å². The van der Waals surface area contributed by atoms with Crippen molar-refractivity contribution in [2.45, 2.75) is 19.4 Å². The van der Waals surface area contributed by atoms with Crippen LogP contribution in [0.4, 0.5) is 0 Å². The molecule has 0 saturated heterocycles. The van der Waals surface area contributed by atoms with Gasteiger partial charge in [-0.15, -0.1) is 0 Å². The third-order valence-electron chi connectivity index (χ3n) is 2.12. The average molecular weight is 197 g/mol. The zero-order valence-corrected chi connectivity index (χ0v) is 7.96. The quantitative estimate of drug-likeness (QED) is 0.797. The van der Waals surface area contributed by atoms with Gasteiger partial charge in [0.05, 0.1) is 0 Å². The third kappa shape index (κ3) is 1.82. The Morgan fingerprint density at radius 1 is 1.57 bits per heavy atom. The molecule has 14 heavy (non-hydrogen) atoms. The van der Waals surface area contributed by atoms with Crippen molar-refractivity contribution in [2.24, 2.45) is 0 Å². The van der Waals surface area contributed by atoms with E-state index in [0.29, 0.717) is 11.5 Å². The number of ether oxygens (including phenoxy) is 2. The van der Waals surface area contributed by atoms with Gasteiger partial charge in [0, 0.05) is 11.5 Å². The molecule has 1 unspecified atom stereocenters. The van der Waals surface area contributed by atoms with Gasteiger partial charge in [0.15, 0.2) is 11.5 Å². The first-order chi connectivity index (χ1) is 8.25. The number of hydrogen-bond acceptors (Lipinski definition) is 3. The van der Waals surface area contributed by atoms with E-state index in [2.05, 4.69) is 5.32 Å². The van der Waals surface area contributed by atoms with Gasteiger partial charge >= 0.3 is 0 Å². The van der Waals surface area contributed by atoms with E-state index in [-0.39, 0.29) is 13.2 Å². The maximum atomic E-state index is 7.97. The fourth-order valence-corrected chi connectivity index (χ4v) is 1.40. The lowest BCUT2D eigenvalue weighted by molar-refractivity contribution is 0.174. The second-order valence-corrected chi connectivity index (χ2v) is 3.27. The van der Waals surface area contributed by atoms with E-state index < -0.39 is 13.0 Å². The largest absolute Gasteiger partial charge is 0.454 e. The monoisotopic (exact) mass is 197 g/mol. The maximum Gasteiger partial charge on any atom is 0.231 e. The first-order valence-corrected chi connectivity index (χ1v) is 4.43. The predicted octanol–water partition coefficient (Wildman–Crippen LogP) is 1.57. The Balaban J connectivity index is 2.09. The van der Waals surface area contributed by atoms with Gasteiger partial charge in [0.1, 0.15) is 0 Å². The number of fused-ring (bicyclic) bond motifs is 1. The van der Waals surface area contributed by atoms with Crippen molar-refractivity contribution in [2.75, 3.05) is 13.8 Å². The van der Waals surface area contributed by atoms with Crippen LogP contribution in [0.3, 0.4) is 0 Å². The molecule has 1 N–H and O–H groups in total. The van der Waals surface area contributed by atoms with Crippen LogP contribution in [0, 0.1) is 0 Å². The van der Waals surface area contributed by atoms with E-state index in [1.165, 1.54) is 6.92 Å². The maximum absolute atomic E-state index is 7.97. The number of hydrogen-bond donors (Lipinski definition) is 1. The van der Waals surface area contributed by atoms with Gasteiger partial charge < -0.3 is 14.8 Å². The zero-order chi connectivity index (χ0) is 13.4. The molecular weight excluding hydrogens is 178 g/mol. The van der Waals surface area contributed by atoms with Crippen molar-refractivity contribution < 1.29 is 15.0 Å². The van der Waals surface area contributed by atoms with Crippen molar-refractivity contribution in [1.82, 2.24) is 5.32 Å². The molecule has 1 aromatic rings. The minimum Gasteiger partial charge on any atom is -0.454 e. The molecule has 2 rings (SSSR count). The molecule has 0 spiro atoms. The molecule has 1 atom stereocenters. The van der Waals surface area contributed by atoms with Gasteiger partial charge in [-0.1, -0.05) is 6.07 Å². The molecule has 3 nitrogen and oxygen atoms in total. The molecule has 0 bridgehead atoms. The van der Waals surface area contributed by atoms with Crippen molar-refractivity contribution in [3.05, 3.63) is 23.8 Å². The Morgan fingerprint density at radius 2 is 2.43 bits per heavy atom. The molecule has 3 heteroatoms. The predicted molar refractivity (Wildman–Crippen MR) is 54.8 cm³/mol. The highest BCUT2D eigenvalue weighted by Crippen LogP contribution is 2.32. The van der Waals surface area contributed by atoms with Crippen LogP contribution in [-0.2, 0) is 6.42 Å². The number of rotatable bonds is 3. The lowest BCUT2D eigenvalue weighted by Gasteiger charge is -2.09. The van der Waals surface area contributed by atoms with E-state index in [9.17, 15) is 0 Å². The van der Waals surface area contributed by atoms with E-state index in [1.54, 1.807) is 12.1 Å². The SMILES string of the molecule is [2H]C([2H])([2H])NC([2H])(C)Cc1ccc2c(c1)OCO2. The van der Waals surface area contributed by atoms with Crippen LogP contribution < -0.4 is 14.8 Å². The fraction of sp³-hybridized carbons (Fsp3) is 0.455. The van der Waals surface area contributed by atoms with Crippen molar-refractivity contribution in [3.63, 3.8) is 0 Å². The minimum atomic E-state index is -2.33. The van der Waals surface area contributed by atoms with Crippen molar-refractivity contribution >= 4 is 0 Å². The summed E-state index contributed by atoms with van der Waals surface area (Å²) >= 11 is 0. The molecule has 0 amide bonds. The molecule has 0 saturated carbocycles. The summed E-state index contributed by atoms with van der Waals surface area (Å²) in [5.74, 6) is 1.31. The normalized spacial score (nSPS) is 22.9. The average Bonchev–Trinajstić information content (AvgIpc) is 2.59. The van der Waals surface area contributed by atoms with E-state index in [4.69, 9.17) is 15.0 Å². The number of benzene rings is 1. The lowest BCUT2D eigenvalue weighted by Crippen LogP contribution is -2.23. The Labute approximate surface area is 89.6 Å². The molecule has 0 fully saturated rings. The molecule has 1 heterocycles. The molecule has 76 valence electrons. The lowest BCUT2D eigenvalue weighted by atomic mass is 10.1. The van der Waals surface area contributed by atoms with Crippen LogP contribution in [0.2, 0.25) is 0 Å². The van der Waals surface area contributed by atoms with Crippen LogP contribution in [0.25, 0.3) is 0 Å². The minimum absolute atomic E-state index is 0.199. The van der Waals surface area contributed by atoms with E-state index in [0.717, 1.165) is 5.56 Å². The van der Waals surface area contributed by atoms with Gasteiger partial charge in [-0.25, -0.2) is 0 Å². The van der Waals surface area contributed by atoms with E-state index in [1.807, 2.05) is 6.07 Å². The van der Waals surface area contributed by atoms with Crippen LogP contribution in [0.15, 0.2) is 18.2 Å². The zero-order valence-electron chi connectivity index (χ0n) is 12.0. The standard InChI is InChI=1S/C11H15NO2/c1-8(12-2)5-9-3-4-10-11(6-9)14-7-13-10/h3-4,6,8,12H,5,7H2,1-2H3/i2D3,8D. The van der Waals surface area contributed by atoms with Crippen LogP contribution in [-0.4, -0.2) is 19.8 Å². The highest BCUT2D eigenvalue weighted by atomic mass is 16.7. The summed E-state index contributed by atoms with van der Waals surface area (Å²) in [6, 6.07) is 4.08. The summed E-state index contributed by atoms with van der Waals surface area (Å²) in [6.07, 6.45) is 0.266. The second-order valence-electron chi connectivity index (χ2n) is 3.27. The molecule has 0 aromatic heterocycles. The summed E-state index contributed by atoms with van der Waals surface area (Å²) in [4.78, 5) is 0. The van der Waals surface area contributed by atoms with Gasteiger partial charge in [-0.3, -0.25) is 0 Å². The van der Waals surface area contributed by atoms with Crippen LogP contribution >= 0.6 is 0 Å². The summed E-state index contributed by atoms with van der Waals surface area (Å²) in [7, 11) is 0. The van der Waals surface area contributed by atoms with Gasteiger partial charge in [0.25, 0.3) is 0 Å². The van der Waals surface area contributed by atoms with Gasteiger partial charge in [0.2, 0.25) is 6.79 Å². The van der Waals surface area contributed by atoms with E-state index >= 15 is 0 Å². The topological polar surface area (TPSA) is 30.5 Å². The molecular formula is C11H15NO2. The summed E-state index contributed by atoms with van der Waals surface area (Å²) in [5, 5.41) is 2.31. The number of likely N-dealkylation sites (N-methyl/N-ethyl adjacent to an activating group) is 1. The number of nitrogens with one attached hydrogen (secondary N) is 1. The Hall–Kier alpha value is -1.22. The van der Waals surface area contributed by atoms with Crippen molar-refractivity contribution in [3.8, 4) is 11.5 Å². The molecule has 0 aliphatic carbocycles. The Kier molecular flexibility index (Phi) is 1.56. The van der Waals surface area contributed by atoms with Crippen LogP contribution in [0.5, 0.6) is 11.5 Å². The molecule has 0 radical (unpaired) electrons. The van der Waals surface area contributed by atoms with Crippen molar-refractivity contribution in [1.29, 1.82) is 0 Å². The Bertz CT molecular complexity index is 445. The molecule has 1 aliphatic heterocycles. The summed E-state index contributed by atoms with van der Waals surface area (Å²) < 4.78 is 39.8. The smallest absolute Gasteiger partial charge is 0.231 e. The summed E-state index contributed by atoms with van der Waals surface area (Å²) in [5.41, 5.74) is 0.827. The van der Waals surface area contributed by atoms with Gasteiger partial charge in [-0.2, -0.15) is 0 Å². The second kappa shape index (κ2) is 3.88. The fourth-order valence-electron chi connectivity index (χ4n) is 1.40. The summed E-state index contributed by atoms with van der Waals surface area (Å²) in [6.45, 7) is -0.596.